The molecule has 7 heteroatoms. The molecule has 0 radical (unpaired) electrons. The molecule has 0 aromatic heterocycles. The molecule has 1 aromatic rings. The van der Waals surface area contributed by atoms with Crippen molar-refractivity contribution in [2.45, 2.75) is 0 Å². The summed E-state index contributed by atoms with van der Waals surface area (Å²) in [5, 5.41) is 0. The van der Waals surface area contributed by atoms with E-state index >= 15 is 0 Å². The van der Waals surface area contributed by atoms with Crippen molar-refractivity contribution >= 4 is 17.7 Å². The fraction of sp³-hybridized carbons (Fsp3) is 0.462. The lowest BCUT2D eigenvalue weighted by Gasteiger charge is -2.27. The maximum Gasteiger partial charge on any atom is 0.191 e. The van der Waals surface area contributed by atoms with Crippen LogP contribution in [0.15, 0.2) is 23.2 Å². The zero-order valence-electron chi connectivity index (χ0n) is 11.0. The largest absolute Gasteiger partial charge is 0.489 e. The molecule has 0 bridgehead atoms. The Kier molecular flexibility index (Phi) is 5.46. The van der Waals surface area contributed by atoms with Crippen LogP contribution >= 0.6 is 11.8 Å². The Labute approximate surface area is 121 Å². The number of ether oxygens (including phenoxy) is 1. The molecule has 1 aliphatic heterocycles. The molecule has 1 aliphatic rings. The highest BCUT2D eigenvalue weighted by molar-refractivity contribution is 7.99. The van der Waals surface area contributed by atoms with Crippen LogP contribution in [0.4, 0.5) is 8.78 Å². The smallest absolute Gasteiger partial charge is 0.191 e. The van der Waals surface area contributed by atoms with Crippen molar-refractivity contribution in [2.75, 3.05) is 37.7 Å². The number of hydrogen-bond donors (Lipinski definition) is 1. The minimum absolute atomic E-state index is 0.0227. The first-order valence-electron chi connectivity index (χ1n) is 6.37. The lowest BCUT2D eigenvalue weighted by atomic mass is 10.3. The second kappa shape index (κ2) is 7.33. The molecule has 0 aliphatic carbocycles. The van der Waals surface area contributed by atoms with E-state index < -0.39 is 11.6 Å². The van der Waals surface area contributed by atoms with Gasteiger partial charge in [-0.3, -0.25) is 0 Å². The molecule has 0 unspecified atom stereocenters. The summed E-state index contributed by atoms with van der Waals surface area (Å²) in [7, 11) is 0. The molecular weight excluding hydrogens is 284 g/mol. The van der Waals surface area contributed by atoms with E-state index in [1.807, 2.05) is 16.7 Å². The van der Waals surface area contributed by atoms with Crippen LogP contribution in [0.3, 0.4) is 0 Å². The Morgan fingerprint density at radius 2 is 2.10 bits per heavy atom. The van der Waals surface area contributed by atoms with E-state index in [1.54, 1.807) is 0 Å². The highest BCUT2D eigenvalue weighted by Gasteiger charge is 2.11. The Morgan fingerprint density at radius 1 is 1.35 bits per heavy atom. The summed E-state index contributed by atoms with van der Waals surface area (Å²) >= 11 is 1.90. The van der Waals surface area contributed by atoms with Crippen molar-refractivity contribution in [2.24, 2.45) is 10.7 Å². The number of rotatable bonds is 4. The van der Waals surface area contributed by atoms with Crippen LogP contribution in [-0.4, -0.2) is 48.6 Å². The molecule has 0 saturated carbocycles. The molecule has 1 aromatic carbocycles. The number of hydrogen-bond acceptors (Lipinski definition) is 3. The highest BCUT2D eigenvalue weighted by Crippen LogP contribution is 2.17. The van der Waals surface area contributed by atoms with Crippen molar-refractivity contribution in [1.82, 2.24) is 4.90 Å². The van der Waals surface area contributed by atoms with Crippen LogP contribution in [0.2, 0.25) is 0 Å². The third kappa shape index (κ3) is 4.26. The van der Waals surface area contributed by atoms with Gasteiger partial charge < -0.3 is 15.4 Å². The van der Waals surface area contributed by atoms with E-state index in [0.717, 1.165) is 36.7 Å². The lowest BCUT2D eigenvalue weighted by molar-refractivity contribution is 0.309. The Bertz CT molecular complexity index is 479. The number of thioether (sulfide) groups is 1. The van der Waals surface area contributed by atoms with Gasteiger partial charge in [-0.25, -0.2) is 13.8 Å². The van der Waals surface area contributed by atoms with E-state index in [4.69, 9.17) is 10.5 Å². The topological polar surface area (TPSA) is 50.9 Å². The molecule has 4 nitrogen and oxygen atoms in total. The van der Waals surface area contributed by atoms with Crippen LogP contribution in [0.1, 0.15) is 0 Å². The summed E-state index contributed by atoms with van der Waals surface area (Å²) < 4.78 is 31.2. The number of nitrogens with two attached hydrogens (primary N) is 1. The zero-order valence-corrected chi connectivity index (χ0v) is 11.8. The summed E-state index contributed by atoms with van der Waals surface area (Å²) in [5.74, 6) is 1.28. The average molecular weight is 301 g/mol. The van der Waals surface area contributed by atoms with Gasteiger partial charge in [-0.05, 0) is 12.1 Å². The van der Waals surface area contributed by atoms with Crippen LogP contribution in [0.5, 0.6) is 5.75 Å². The van der Waals surface area contributed by atoms with Crippen molar-refractivity contribution in [3.63, 3.8) is 0 Å². The van der Waals surface area contributed by atoms with Gasteiger partial charge in [-0.2, -0.15) is 11.8 Å². The fourth-order valence-corrected chi connectivity index (χ4v) is 2.70. The van der Waals surface area contributed by atoms with E-state index in [-0.39, 0.29) is 12.4 Å². The van der Waals surface area contributed by atoms with Gasteiger partial charge in [0.05, 0.1) is 6.54 Å². The maximum absolute atomic E-state index is 13.3. The molecule has 1 saturated heterocycles. The molecular formula is C13H17F2N3OS. The first-order chi connectivity index (χ1) is 9.66. The zero-order chi connectivity index (χ0) is 14.4. The second-order valence-corrected chi connectivity index (χ2v) is 5.49. The fourth-order valence-electron chi connectivity index (χ4n) is 1.80. The van der Waals surface area contributed by atoms with Gasteiger partial charge in [-0.15, -0.1) is 0 Å². The minimum atomic E-state index is -0.713. The van der Waals surface area contributed by atoms with Crippen LogP contribution in [-0.2, 0) is 0 Å². The number of halogens is 2. The normalized spacial score (nSPS) is 16.3. The van der Waals surface area contributed by atoms with Gasteiger partial charge in [0.1, 0.15) is 12.4 Å². The SMILES string of the molecule is NC(=NCCOc1ccc(F)cc1F)N1CCSCC1. The Hall–Kier alpha value is -1.50. The predicted molar refractivity (Wildman–Crippen MR) is 77.2 cm³/mol. The predicted octanol–water partition coefficient (Wildman–Crippen LogP) is 1.71. The van der Waals surface area contributed by atoms with Gasteiger partial charge in [0.2, 0.25) is 0 Å². The third-order valence-electron chi connectivity index (χ3n) is 2.85. The monoisotopic (exact) mass is 301 g/mol. The summed E-state index contributed by atoms with van der Waals surface area (Å²) in [4.78, 5) is 6.22. The molecule has 2 rings (SSSR count). The molecule has 0 atom stereocenters. The van der Waals surface area contributed by atoms with Crippen molar-refractivity contribution in [3.05, 3.63) is 29.8 Å². The molecule has 2 N–H and O–H groups in total. The van der Waals surface area contributed by atoms with Crippen molar-refractivity contribution in [1.29, 1.82) is 0 Å². The van der Waals surface area contributed by atoms with Gasteiger partial charge in [0, 0.05) is 30.7 Å². The van der Waals surface area contributed by atoms with Gasteiger partial charge in [0.15, 0.2) is 17.5 Å². The number of nitrogens with zero attached hydrogens (tertiary/aromatic N) is 2. The maximum atomic E-state index is 13.3. The standard InChI is InChI=1S/C13H17F2N3OS/c14-10-1-2-12(11(15)9-10)19-6-3-17-13(16)18-4-7-20-8-5-18/h1-2,9H,3-8H2,(H2,16,17). The van der Waals surface area contributed by atoms with E-state index in [2.05, 4.69) is 4.99 Å². The lowest BCUT2D eigenvalue weighted by Crippen LogP contribution is -2.42. The van der Waals surface area contributed by atoms with Gasteiger partial charge >= 0.3 is 0 Å². The quantitative estimate of drug-likeness (QED) is 0.522. The van der Waals surface area contributed by atoms with E-state index in [9.17, 15) is 8.78 Å². The van der Waals surface area contributed by atoms with Gasteiger partial charge in [-0.1, -0.05) is 0 Å². The molecule has 1 fully saturated rings. The summed E-state index contributed by atoms with van der Waals surface area (Å²) in [6.45, 7) is 2.33. The molecule has 0 amide bonds. The third-order valence-corrected chi connectivity index (χ3v) is 3.79. The first-order valence-corrected chi connectivity index (χ1v) is 7.53. The average Bonchev–Trinajstić information content (AvgIpc) is 2.46. The summed E-state index contributed by atoms with van der Waals surface area (Å²) in [5.41, 5.74) is 5.87. The van der Waals surface area contributed by atoms with Crippen LogP contribution in [0.25, 0.3) is 0 Å². The van der Waals surface area contributed by atoms with E-state index in [0.29, 0.717) is 12.5 Å². The Balaban J connectivity index is 1.77. The van der Waals surface area contributed by atoms with Crippen LogP contribution < -0.4 is 10.5 Å². The molecule has 110 valence electrons. The molecule has 1 heterocycles. The summed E-state index contributed by atoms with van der Waals surface area (Å²) in [6, 6.07) is 3.21. The number of benzene rings is 1. The van der Waals surface area contributed by atoms with Crippen molar-refractivity contribution in [3.8, 4) is 5.75 Å². The molecule has 0 spiro atoms. The first kappa shape index (κ1) is 14.9. The van der Waals surface area contributed by atoms with Crippen molar-refractivity contribution < 1.29 is 13.5 Å². The van der Waals surface area contributed by atoms with Crippen LogP contribution in [0, 0.1) is 11.6 Å². The van der Waals surface area contributed by atoms with Gasteiger partial charge in [0.25, 0.3) is 0 Å². The minimum Gasteiger partial charge on any atom is -0.489 e. The molecule has 20 heavy (non-hydrogen) atoms. The second-order valence-electron chi connectivity index (χ2n) is 4.26. The highest BCUT2D eigenvalue weighted by atomic mass is 32.2. The number of aliphatic imine (C=N–C) groups is 1. The Morgan fingerprint density at radius 3 is 2.80 bits per heavy atom. The number of guanidine groups is 1. The van der Waals surface area contributed by atoms with E-state index in [1.165, 1.54) is 6.07 Å². The summed E-state index contributed by atoms with van der Waals surface area (Å²) in [6.07, 6.45) is 0.